The molecule has 1 aromatic rings. The molecule has 4 nitrogen and oxygen atoms in total. The Hall–Kier alpha value is -1.64. The molecule has 1 amide bonds. The van der Waals surface area contributed by atoms with Crippen molar-refractivity contribution in [2.24, 2.45) is 0 Å². The van der Waals surface area contributed by atoms with Crippen LogP contribution in [0.2, 0.25) is 0 Å². The van der Waals surface area contributed by atoms with Gasteiger partial charge in [0.1, 0.15) is 10.9 Å². The Labute approximate surface area is 129 Å². The first-order chi connectivity index (χ1) is 10.2. The van der Waals surface area contributed by atoms with Crippen LogP contribution in [0.1, 0.15) is 35.1 Å². The summed E-state index contributed by atoms with van der Waals surface area (Å²) in [7, 11) is 0. The third-order valence-electron chi connectivity index (χ3n) is 4.18. The van der Waals surface area contributed by atoms with Crippen molar-refractivity contribution in [3.8, 4) is 6.07 Å². The van der Waals surface area contributed by atoms with E-state index >= 15 is 0 Å². The average molecular weight is 301 g/mol. The van der Waals surface area contributed by atoms with Gasteiger partial charge in [-0.3, -0.25) is 4.79 Å². The Balaban J connectivity index is 1.61. The number of nitrogens with one attached hydrogen (secondary N) is 1. The van der Waals surface area contributed by atoms with Crippen LogP contribution in [0.4, 0.5) is 0 Å². The molecular formula is C16H19N3OS. The molecule has 0 aliphatic carbocycles. The Morgan fingerprint density at radius 2 is 2.43 bits per heavy atom. The van der Waals surface area contributed by atoms with Crippen molar-refractivity contribution in [2.45, 2.75) is 44.8 Å². The summed E-state index contributed by atoms with van der Waals surface area (Å²) < 4.78 is 0. The molecule has 2 aliphatic rings. The second-order valence-electron chi connectivity index (χ2n) is 5.79. The Kier molecular flexibility index (Phi) is 4.09. The maximum Gasteiger partial charge on any atom is 0.246 e. The minimum atomic E-state index is 0.0777. The number of nitriles is 1. The fourth-order valence-corrected chi connectivity index (χ4v) is 4.01. The molecule has 21 heavy (non-hydrogen) atoms. The van der Waals surface area contributed by atoms with E-state index in [0.717, 1.165) is 29.1 Å². The summed E-state index contributed by atoms with van der Waals surface area (Å²) in [5, 5.41) is 12.4. The lowest BCUT2D eigenvalue weighted by atomic mass is 10.1. The number of fused-ring (bicyclic) bond motifs is 1. The SMILES string of the molecule is C[C@@H]1CCC(/C=C/C(=O)N2CCc3cc(C#N)sc3C2)N1. The van der Waals surface area contributed by atoms with E-state index in [1.54, 1.807) is 6.08 Å². The summed E-state index contributed by atoms with van der Waals surface area (Å²) in [5.74, 6) is 0.0777. The summed E-state index contributed by atoms with van der Waals surface area (Å²) in [6, 6.07) is 5.02. The van der Waals surface area contributed by atoms with Crippen molar-refractivity contribution < 1.29 is 4.79 Å². The van der Waals surface area contributed by atoms with Crippen LogP contribution in [-0.2, 0) is 17.8 Å². The number of rotatable bonds is 2. The van der Waals surface area contributed by atoms with Crippen LogP contribution >= 0.6 is 11.3 Å². The quantitative estimate of drug-likeness (QED) is 0.852. The number of carbonyl (C=O) groups is 1. The number of nitrogens with zero attached hydrogens (tertiary/aromatic N) is 2. The number of thiophene rings is 1. The molecule has 2 aliphatic heterocycles. The third-order valence-corrected chi connectivity index (χ3v) is 5.25. The Morgan fingerprint density at radius 3 is 3.14 bits per heavy atom. The minimum absolute atomic E-state index is 0.0777. The van der Waals surface area contributed by atoms with Crippen molar-refractivity contribution >= 4 is 17.2 Å². The maximum absolute atomic E-state index is 12.3. The van der Waals surface area contributed by atoms with Crippen LogP contribution in [0.25, 0.3) is 0 Å². The predicted molar refractivity (Wildman–Crippen MR) is 82.9 cm³/mol. The highest BCUT2D eigenvalue weighted by molar-refractivity contribution is 7.12. The second kappa shape index (κ2) is 6.00. The van der Waals surface area contributed by atoms with E-state index in [-0.39, 0.29) is 5.91 Å². The van der Waals surface area contributed by atoms with Gasteiger partial charge in [0.05, 0.1) is 6.54 Å². The molecule has 1 N–H and O–H groups in total. The van der Waals surface area contributed by atoms with Crippen LogP contribution in [0, 0.1) is 11.3 Å². The fraction of sp³-hybridized carbons (Fsp3) is 0.500. The van der Waals surface area contributed by atoms with Gasteiger partial charge in [0.25, 0.3) is 0 Å². The number of hydrogen-bond acceptors (Lipinski definition) is 4. The molecule has 1 fully saturated rings. The van der Waals surface area contributed by atoms with Crippen molar-refractivity contribution in [2.75, 3.05) is 6.54 Å². The summed E-state index contributed by atoms with van der Waals surface area (Å²) in [6.07, 6.45) is 6.83. The standard InChI is InChI=1S/C16H19N3OS/c1-11-2-3-13(18-11)4-5-16(20)19-7-6-12-8-14(9-17)21-15(12)10-19/h4-5,8,11,13,18H,2-3,6-7,10H2,1H3/b5-4+/t11-,13?/m1/s1. The van der Waals surface area contributed by atoms with Gasteiger partial charge in [0.15, 0.2) is 0 Å². The largest absolute Gasteiger partial charge is 0.334 e. The first-order valence-corrected chi connectivity index (χ1v) is 8.22. The molecule has 1 saturated heterocycles. The second-order valence-corrected chi connectivity index (χ2v) is 6.93. The molecule has 0 saturated carbocycles. The highest BCUT2D eigenvalue weighted by Crippen LogP contribution is 2.27. The topological polar surface area (TPSA) is 56.1 Å². The van der Waals surface area contributed by atoms with E-state index in [1.165, 1.54) is 23.3 Å². The van der Waals surface area contributed by atoms with Crippen molar-refractivity contribution in [3.05, 3.63) is 33.5 Å². The molecule has 3 heterocycles. The van der Waals surface area contributed by atoms with Gasteiger partial charge in [-0.25, -0.2) is 0 Å². The van der Waals surface area contributed by atoms with Gasteiger partial charge in [-0.1, -0.05) is 6.08 Å². The van der Waals surface area contributed by atoms with Crippen LogP contribution in [0.3, 0.4) is 0 Å². The molecule has 1 unspecified atom stereocenters. The molecule has 0 radical (unpaired) electrons. The monoisotopic (exact) mass is 301 g/mol. The van der Waals surface area contributed by atoms with E-state index < -0.39 is 0 Å². The van der Waals surface area contributed by atoms with Crippen molar-refractivity contribution in [1.29, 1.82) is 5.26 Å². The van der Waals surface area contributed by atoms with Crippen LogP contribution < -0.4 is 5.32 Å². The highest BCUT2D eigenvalue weighted by Gasteiger charge is 2.22. The molecule has 110 valence electrons. The molecule has 0 bridgehead atoms. The van der Waals surface area contributed by atoms with Gasteiger partial charge >= 0.3 is 0 Å². The Morgan fingerprint density at radius 1 is 1.57 bits per heavy atom. The van der Waals surface area contributed by atoms with Crippen molar-refractivity contribution in [1.82, 2.24) is 10.2 Å². The van der Waals surface area contributed by atoms with Gasteiger partial charge in [-0.15, -0.1) is 11.3 Å². The third kappa shape index (κ3) is 3.17. The van der Waals surface area contributed by atoms with Gasteiger partial charge in [-0.2, -0.15) is 5.26 Å². The number of amides is 1. The van der Waals surface area contributed by atoms with Gasteiger partial charge in [0.2, 0.25) is 5.91 Å². The van der Waals surface area contributed by atoms with Crippen LogP contribution in [-0.4, -0.2) is 29.4 Å². The van der Waals surface area contributed by atoms with Gasteiger partial charge in [0, 0.05) is 29.6 Å². The zero-order chi connectivity index (χ0) is 14.8. The summed E-state index contributed by atoms with van der Waals surface area (Å²) in [6.45, 7) is 3.55. The lowest BCUT2D eigenvalue weighted by molar-refractivity contribution is -0.126. The molecule has 3 rings (SSSR count). The number of hydrogen-bond donors (Lipinski definition) is 1. The molecule has 1 aromatic heterocycles. The molecule has 5 heteroatoms. The fourth-order valence-electron chi connectivity index (χ4n) is 2.98. The lowest BCUT2D eigenvalue weighted by Gasteiger charge is -2.25. The van der Waals surface area contributed by atoms with E-state index in [1.807, 2.05) is 17.0 Å². The zero-order valence-electron chi connectivity index (χ0n) is 12.1. The summed E-state index contributed by atoms with van der Waals surface area (Å²) >= 11 is 1.51. The molecule has 2 atom stereocenters. The van der Waals surface area contributed by atoms with Crippen molar-refractivity contribution in [3.63, 3.8) is 0 Å². The molecule has 0 aromatic carbocycles. The first-order valence-electron chi connectivity index (χ1n) is 7.40. The molecule has 0 spiro atoms. The predicted octanol–water partition coefficient (Wildman–Crippen LogP) is 2.20. The first kappa shape index (κ1) is 14.3. The lowest BCUT2D eigenvalue weighted by Crippen LogP contribution is -2.34. The van der Waals surface area contributed by atoms with E-state index in [2.05, 4.69) is 18.3 Å². The zero-order valence-corrected chi connectivity index (χ0v) is 12.9. The van der Waals surface area contributed by atoms with E-state index in [9.17, 15) is 4.79 Å². The summed E-state index contributed by atoms with van der Waals surface area (Å²) in [4.78, 5) is 16.0. The van der Waals surface area contributed by atoms with Crippen LogP contribution in [0.5, 0.6) is 0 Å². The number of carbonyl (C=O) groups excluding carboxylic acids is 1. The van der Waals surface area contributed by atoms with Gasteiger partial charge in [-0.05, 0) is 37.8 Å². The van der Waals surface area contributed by atoms with E-state index in [4.69, 9.17) is 5.26 Å². The average Bonchev–Trinajstić information content (AvgIpc) is 3.09. The molecular weight excluding hydrogens is 282 g/mol. The maximum atomic E-state index is 12.3. The smallest absolute Gasteiger partial charge is 0.246 e. The highest BCUT2D eigenvalue weighted by atomic mass is 32.1. The normalized spacial score (nSPS) is 25.0. The minimum Gasteiger partial charge on any atom is -0.334 e. The van der Waals surface area contributed by atoms with Crippen LogP contribution in [0.15, 0.2) is 18.2 Å². The van der Waals surface area contributed by atoms with Gasteiger partial charge < -0.3 is 10.2 Å². The summed E-state index contributed by atoms with van der Waals surface area (Å²) in [5.41, 5.74) is 1.23. The Bertz CT molecular complexity index is 614. The van der Waals surface area contributed by atoms with E-state index in [0.29, 0.717) is 18.6 Å².